The fraction of sp³-hybridized carbons (Fsp3) is 0.529. The third-order valence-electron chi connectivity index (χ3n) is 5.12. The van der Waals surface area contributed by atoms with Gasteiger partial charge in [0.25, 0.3) is 0 Å². The van der Waals surface area contributed by atoms with Gasteiger partial charge in [0.1, 0.15) is 5.69 Å². The van der Waals surface area contributed by atoms with Crippen molar-refractivity contribution < 1.29 is 9.32 Å². The van der Waals surface area contributed by atoms with E-state index in [4.69, 9.17) is 4.52 Å². The number of para-hydroxylation sites is 1. The molecule has 1 aromatic heterocycles. The molecule has 1 aliphatic carbocycles. The van der Waals surface area contributed by atoms with Gasteiger partial charge >= 0.3 is 0 Å². The Hall–Kier alpha value is -1.88. The predicted molar refractivity (Wildman–Crippen MR) is 83.3 cm³/mol. The van der Waals surface area contributed by atoms with Crippen molar-refractivity contribution in [2.24, 2.45) is 17.8 Å². The summed E-state index contributed by atoms with van der Waals surface area (Å²) < 4.78 is 5.49. The number of fused-ring (bicyclic) bond motifs is 2. The maximum absolute atomic E-state index is 12.5. The topological polar surface area (TPSA) is 67.2 Å². The van der Waals surface area contributed by atoms with Crippen LogP contribution >= 0.6 is 0 Å². The number of nitrogens with one attached hydrogen (secondary N) is 2. The van der Waals surface area contributed by atoms with Crippen LogP contribution in [-0.4, -0.2) is 24.2 Å². The van der Waals surface area contributed by atoms with Crippen molar-refractivity contribution in [1.29, 1.82) is 0 Å². The summed E-state index contributed by atoms with van der Waals surface area (Å²) in [5.41, 5.74) is 2.11. The Morgan fingerprint density at radius 2 is 2.09 bits per heavy atom. The molecule has 4 rings (SSSR count). The average molecular weight is 299 g/mol. The molecule has 0 bridgehead atoms. The van der Waals surface area contributed by atoms with Crippen molar-refractivity contribution in [3.8, 4) is 0 Å². The second-order valence-electron chi connectivity index (χ2n) is 7.11. The van der Waals surface area contributed by atoms with E-state index in [1.165, 1.54) is 0 Å². The van der Waals surface area contributed by atoms with Crippen molar-refractivity contribution in [2.45, 2.75) is 26.3 Å². The van der Waals surface area contributed by atoms with Gasteiger partial charge in [-0.25, -0.2) is 0 Å². The average Bonchev–Trinajstić information content (AvgIpc) is 2.85. The van der Waals surface area contributed by atoms with E-state index in [0.29, 0.717) is 11.8 Å². The molecule has 0 spiro atoms. The summed E-state index contributed by atoms with van der Waals surface area (Å²) >= 11 is 0. The van der Waals surface area contributed by atoms with E-state index in [1.807, 2.05) is 39.0 Å². The van der Waals surface area contributed by atoms with Gasteiger partial charge in [0.2, 0.25) is 5.91 Å². The first kappa shape index (κ1) is 13.8. The molecule has 1 aliphatic heterocycles. The zero-order chi connectivity index (χ0) is 15.5. The second-order valence-corrected chi connectivity index (χ2v) is 7.11. The molecule has 2 heterocycles. The number of aryl methyl sites for hydroxylation is 1. The van der Waals surface area contributed by atoms with Gasteiger partial charge in [-0.2, -0.15) is 0 Å². The first-order valence-electron chi connectivity index (χ1n) is 7.87. The van der Waals surface area contributed by atoms with Gasteiger partial charge in [0, 0.05) is 11.3 Å². The number of rotatable bonds is 3. The van der Waals surface area contributed by atoms with Gasteiger partial charge in [-0.1, -0.05) is 17.3 Å². The summed E-state index contributed by atoms with van der Waals surface area (Å²) in [5.74, 6) is 1.35. The van der Waals surface area contributed by atoms with Crippen LogP contribution in [0.2, 0.25) is 0 Å². The summed E-state index contributed by atoms with van der Waals surface area (Å²) in [6.45, 7) is 7.91. The van der Waals surface area contributed by atoms with Crippen LogP contribution < -0.4 is 10.6 Å². The smallest absolute Gasteiger partial charge is 0.224 e. The lowest BCUT2D eigenvalue weighted by atomic mass is 9.96. The first-order chi connectivity index (χ1) is 10.5. The molecule has 116 valence electrons. The van der Waals surface area contributed by atoms with Crippen molar-refractivity contribution in [2.75, 3.05) is 13.1 Å². The van der Waals surface area contributed by atoms with E-state index in [1.54, 1.807) is 0 Å². The van der Waals surface area contributed by atoms with Crippen LogP contribution in [-0.2, 0) is 10.3 Å². The Balaban J connectivity index is 1.59. The molecule has 0 radical (unpaired) electrons. The highest BCUT2D eigenvalue weighted by atomic mass is 16.5. The Kier molecular flexibility index (Phi) is 2.85. The van der Waals surface area contributed by atoms with E-state index < -0.39 is 5.54 Å². The first-order valence-corrected chi connectivity index (χ1v) is 7.87. The van der Waals surface area contributed by atoms with Gasteiger partial charge in [-0.05, 0) is 57.3 Å². The number of piperidine rings is 1. The van der Waals surface area contributed by atoms with Crippen molar-refractivity contribution >= 4 is 16.9 Å². The van der Waals surface area contributed by atoms with E-state index >= 15 is 0 Å². The maximum atomic E-state index is 12.5. The van der Waals surface area contributed by atoms with Crippen LogP contribution in [0.5, 0.6) is 0 Å². The summed E-state index contributed by atoms with van der Waals surface area (Å²) in [7, 11) is 0. The Labute approximate surface area is 129 Å². The quantitative estimate of drug-likeness (QED) is 0.909. The van der Waals surface area contributed by atoms with Crippen LogP contribution in [0, 0.1) is 24.7 Å². The van der Waals surface area contributed by atoms with Crippen LogP contribution in [0.15, 0.2) is 22.7 Å². The normalized spacial score (nSPS) is 27.0. The molecular weight excluding hydrogens is 278 g/mol. The molecule has 3 atom stereocenters. The summed E-state index contributed by atoms with van der Waals surface area (Å²) in [5, 5.41) is 11.7. The molecular formula is C17H21N3O2. The molecule has 5 heteroatoms. The zero-order valence-electron chi connectivity index (χ0n) is 13.1. The third-order valence-corrected chi connectivity index (χ3v) is 5.12. The molecule has 5 nitrogen and oxygen atoms in total. The number of hydrogen-bond acceptors (Lipinski definition) is 4. The van der Waals surface area contributed by atoms with Crippen molar-refractivity contribution in [3.05, 3.63) is 29.5 Å². The maximum Gasteiger partial charge on any atom is 0.224 e. The van der Waals surface area contributed by atoms with E-state index in [0.717, 1.165) is 35.3 Å². The third kappa shape index (κ3) is 1.96. The van der Waals surface area contributed by atoms with Gasteiger partial charge in [0.05, 0.1) is 5.54 Å². The van der Waals surface area contributed by atoms with Crippen LogP contribution in [0.3, 0.4) is 0 Å². The molecule has 22 heavy (non-hydrogen) atoms. The Morgan fingerprint density at radius 1 is 1.36 bits per heavy atom. The summed E-state index contributed by atoms with van der Waals surface area (Å²) in [4.78, 5) is 12.5. The molecule has 2 N–H and O–H groups in total. The molecule has 1 aromatic carbocycles. The van der Waals surface area contributed by atoms with Gasteiger partial charge in [-0.3, -0.25) is 4.79 Å². The highest BCUT2D eigenvalue weighted by Crippen LogP contribution is 2.49. The largest absolute Gasteiger partial charge is 0.356 e. The SMILES string of the molecule is Cc1cccc2c(C(C)(C)NC(=O)C3[C@H]4CNC[C@@H]34)noc12. The lowest BCUT2D eigenvalue weighted by Gasteiger charge is -2.24. The Bertz CT molecular complexity index is 739. The minimum Gasteiger partial charge on any atom is -0.356 e. The van der Waals surface area contributed by atoms with Gasteiger partial charge in [0.15, 0.2) is 5.58 Å². The lowest BCUT2D eigenvalue weighted by Crippen LogP contribution is -2.43. The van der Waals surface area contributed by atoms with E-state index in [9.17, 15) is 4.79 Å². The van der Waals surface area contributed by atoms with Gasteiger partial charge < -0.3 is 15.2 Å². The monoisotopic (exact) mass is 299 g/mol. The van der Waals surface area contributed by atoms with Gasteiger partial charge in [-0.15, -0.1) is 0 Å². The van der Waals surface area contributed by atoms with E-state index in [-0.39, 0.29) is 11.8 Å². The number of nitrogens with zero attached hydrogens (tertiary/aromatic N) is 1. The number of carbonyl (C=O) groups is 1. The number of benzene rings is 1. The predicted octanol–water partition coefficient (Wildman–Crippen LogP) is 1.95. The molecule has 1 unspecified atom stereocenters. The van der Waals surface area contributed by atoms with Crippen LogP contribution in [0.4, 0.5) is 0 Å². The molecule has 2 aliphatic rings. The summed E-state index contributed by atoms with van der Waals surface area (Å²) in [6.07, 6.45) is 0. The minimum atomic E-state index is -0.541. The van der Waals surface area contributed by atoms with E-state index in [2.05, 4.69) is 15.8 Å². The number of hydrogen-bond donors (Lipinski definition) is 2. The Morgan fingerprint density at radius 3 is 2.82 bits per heavy atom. The number of aromatic nitrogens is 1. The second kappa shape index (κ2) is 4.56. The molecule has 2 aromatic rings. The number of amides is 1. The van der Waals surface area contributed by atoms with Crippen LogP contribution in [0.25, 0.3) is 11.0 Å². The molecule has 1 amide bonds. The highest BCUT2D eigenvalue weighted by molar-refractivity contribution is 5.86. The number of carbonyl (C=O) groups excluding carboxylic acids is 1. The lowest BCUT2D eigenvalue weighted by molar-refractivity contribution is -0.124. The zero-order valence-corrected chi connectivity index (χ0v) is 13.1. The minimum absolute atomic E-state index is 0.144. The fourth-order valence-electron chi connectivity index (χ4n) is 3.81. The molecule has 2 fully saturated rings. The van der Waals surface area contributed by atoms with Crippen LogP contribution in [0.1, 0.15) is 25.1 Å². The molecule has 1 saturated carbocycles. The standard InChI is InChI=1S/C17H21N3O2/c1-9-5-4-6-10-14(9)22-20-15(10)17(2,3)19-16(21)13-11-7-18-8-12(11)13/h4-6,11-13,18H,7-8H2,1-3H3,(H,19,21)/t11-,12+,13?. The molecule has 1 saturated heterocycles. The van der Waals surface area contributed by atoms with Crippen molar-refractivity contribution in [3.63, 3.8) is 0 Å². The van der Waals surface area contributed by atoms with Crippen molar-refractivity contribution in [1.82, 2.24) is 15.8 Å². The fourth-order valence-corrected chi connectivity index (χ4v) is 3.81. The summed E-state index contributed by atoms with van der Waals surface area (Å²) in [6, 6.07) is 5.99. The highest BCUT2D eigenvalue weighted by Gasteiger charge is 2.57.